The number of aromatic nitrogens is 2. The Morgan fingerprint density at radius 2 is 2.22 bits per heavy atom. The molecule has 3 rings (SSSR count). The molecule has 5 heteroatoms. The van der Waals surface area contributed by atoms with E-state index in [1.807, 2.05) is 0 Å². The fraction of sp³-hybridized carbons (Fsp3) is 0.846. The molecule has 1 aromatic rings. The maximum Gasteiger partial charge on any atom is 0.229 e. The van der Waals surface area contributed by atoms with Crippen LogP contribution in [0, 0.1) is 11.8 Å². The quantitative estimate of drug-likeness (QED) is 0.877. The third-order valence-electron chi connectivity index (χ3n) is 4.33. The van der Waals surface area contributed by atoms with Crippen LogP contribution in [0.1, 0.15) is 44.3 Å². The Morgan fingerprint density at radius 3 is 2.89 bits per heavy atom. The highest BCUT2D eigenvalue weighted by Gasteiger charge is 2.41. The minimum Gasteiger partial charge on any atom is -0.339 e. The van der Waals surface area contributed by atoms with E-state index < -0.39 is 0 Å². The molecule has 3 atom stereocenters. The summed E-state index contributed by atoms with van der Waals surface area (Å²) >= 11 is 0. The highest BCUT2D eigenvalue weighted by atomic mass is 16.5. The van der Waals surface area contributed by atoms with Gasteiger partial charge in [0.1, 0.15) is 0 Å². The zero-order chi connectivity index (χ0) is 12.7. The number of hydrogen-bond donors (Lipinski definition) is 1. The molecule has 0 spiro atoms. The first kappa shape index (κ1) is 12.1. The summed E-state index contributed by atoms with van der Waals surface area (Å²) in [5, 5.41) is 4.05. The molecule has 2 heterocycles. The Hall–Kier alpha value is -0.940. The Balaban J connectivity index is 1.60. The van der Waals surface area contributed by atoms with Crippen molar-refractivity contribution in [1.29, 1.82) is 0 Å². The van der Waals surface area contributed by atoms with Gasteiger partial charge in [0.05, 0.1) is 6.54 Å². The van der Waals surface area contributed by atoms with Gasteiger partial charge in [-0.25, -0.2) is 0 Å². The summed E-state index contributed by atoms with van der Waals surface area (Å²) in [7, 11) is 0. The van der Waals surface area contributed by atoms with Crippen molar-refractivity contribution in [2.75, 3.05) is 13.1 Å². The van der Waals surface area contributed by atoms with Gasteiger partial charge in [0.15, 0.2) is 5.82 Å². The Morgan fingerprint density at radius 1 is 1.39 bits per heavy atom. The van der Waals surface area contributed by atoms with Gasteiger partial charge in [0.2, 0.25) is 5.89 Å². The lowest BCUT2D eigenvalue weighted by Gasteiger charge is -2.16. The summed E-state index contributed by atoms with van der Waals surface area (Å²) in [5.41, 5.74) is 6.14. The number of nitrogens with zero attached hydrogens (tertiary/aromatic N) is 3. The maximum absolute atomic E-state index is 6.14. The van der Waals surface area contributed by atoms with Gasteiger partial charge in [0, 0.05) is 25.0 Å². The van der Waals surface area contributed by atoms with Crippen LogP contribution in [0.15, 0.2) is 4.52 Å². The minimum atomic E-state index is 0.303. The number of fused-ring (bicyclic) bond motifs is 1. The van der Waals surface area contributed by atoms with E-state index in [2.05, 4.69) is 28.9 Å². The van der Waals surface area contributed by atoms with Crippen molar-refractivity contribution in [1.82, 2.24) is 15.0 Å². The molecule has 0 aromatic carbocycles. The van der Waals surface area contributed by atoms with Gasteiger partial charge in [-0.05, 0) is 24.7 Å². The van der Waals surface area contributed by atoms with E-state index in [-0.39, 0.29) is 0 Å². The minimum absolute atomic E-state index is 0.303. The monoisotopic (exact) mass is 250 g/mol. The van der Waals surface area contributed by atoms with Crippen molar-refractivity contribution in [3.63, 3.8) is 0 Å². The first-order valence-electron chi connectivity index (χ1n) is 6.94. The zero-order valence-electron chi connectivity index (χ0n) is 11.2. The van der Waals surface area contributed by atoms with E-state index in [4.69, 9.17) is 10.3 Å². The SMILES string of the molecule is CC(C)c1nc(CN2CC3CCC(N)C3C2)no1. The molecule has 2 N–H and O–H groups in total. The second-order valence-electron chi connectivity index (χ2n) is 6.06. The van der Waals surface area contributed by atoms with E-state index in [1.165, 1.54) is 12.8 Å². The van der Waals surface area contributed by atoms with Crippen LogP contribution in [-0.4, -0.2) is 34.2 Å². The van der Waals surface area contributed by atoms with Gasteiger partial charge >= 0.3 is 0 Å². The largest absolute Gasteiger partial charge is 0.339 e. The van der Waals surface area contributed by atoms with Crippen LogP contribution in [-0.2, 0) is 6.54 Å². The van der Waals surface area contributed by atoms with Gasteiger partial charge in [-0.3, -0.25) is 4.90 Å². The average molecular weight is 250 g/mol. The molecule has 0 bridgehead atoms. The van der Waals surface area contributed by atoms with E-state index in [9.17, 15) is 0 Å². The van der Waals surface area contributed by atoms with Crippen LogP contribution in [0.4, 0.5) is 0 Å². The molecule has 2 aliphatic rings. The molecule has 1 aliphatic heterocycles. The van der Waals surface area contributed by atoms with Crippen LogP contribution in [0.5, 0.6) is 0 Å². The van der Waals surface area contributed by atoms with Crippen molar-refractivity contribution in [3.05, 3.63) is 11.7 Å². The average Bonchev–Trinajstić information content (AvgIpc) is 2.98. The summed E-state index contributed by atoms with van der Waals surface area (Å²) in [5.74, 6) is 3.32. The zero-order valence-corrected chi connectivity index (χ0v) is 11.2. The van der Waals surface area contributed by atoms with E-state index in [1.54, 1.807) is 0 Å². The van der Waals surface area contributed by atoms with Gasteiger partial charge in [-0.1, -0.05) is 19.0 Å². The molecule has 3 unspecified atom stereocenters. The Labute approximate surface area is 108 Å². The normalized spacial score (nSPS) is 32.3. The highest BCUT2D eigenvalue weighted by molar-refractivity contribution is 4.98. The van der Waals surface area contributed by atoms with E-state index >= 15 is 0 Å². The lowest BCUT2D eigenvalue weighted by Crippen LogP contribution is -2.30. The molecule has 1 saturated carbocycles. The molecule has 0 radical (unpaired) electrons. The van der Waals surface area contributed by atoms with Crippen LogP contribution >= 0.6 is 0 Å². The number of likely N-dealkylation sites (tertiary alicyclic amines) is 1. The number of rotatable bonds is 3. The fourth-order valence-corrected chi connectivity index (χ4v) is 3.30. The lowest BCUT2D eigenvalue weighted by molar-refractivity contribution is 0.283. The summed E-state index contributed by atoms with van der Waals surface area (Å²) in [6.45, 7) is 7.17. The van der Waals surface area contributed by atoms with Gasteiger partial charge in [-0.2, -0.15) is 4.98 Å². The van der Waals surface area contributed by atoms with Crippen molar-refractivity contribution in [2.45, 2.75) is 45.2 Å². The molecular formula is C13H22N4O. The molecule has 2 fully saturated rings. The van der Waals surface area contributed by atoms with Gasteiger partial charge < -0.3 is 10.3 Å². The summed E-state index contributed by atoms with van der Waals surface area (Å²) < 4.78 is 5.24. The van der Waals surface area contributed by atoms with Crippen molar-refractivity contribution in [2.24, 2.45) is 17.6 Å². The molecule has 18 heavy (non-hydrogen) atoms. The Kier molecular flexibility index (Phi) is 3.11. The second-order valence-corrected chi connectivity index (χ2v) is 6.06. The smallest absolute Gasteiger partial charge is 0.229 e. The molecule has 1 aromatic heterocycles. The van der Waals surface area contributed by atoms with E-state index in [0.29, 0.717) is 17.9 Å². The maximum atomic E-state index is 6.14. The molecule has 100 valence electrons. The summed E-state index contributed by atoms with van der Waals surface area (Å²) in [6.07, 6.45) is 2.48. The second kappa shape index (κ2) is 4.63. The van der Waals surface area contributed by atoms with Gasteiger partial charge in [0.25, 0.3) is 0 Å². The van der Waals surface area contributed by atoms with Crippen molar-refractivity contribution in [3.8, 4) is 0 Å². The van der Waals surface area contributed by atoms with Gasteiger partial charge in [-0.15, -0.1) is 0 Å². The van der Waals surface area contributed by atoms with Crippen LogP contribution in [0.25, 0.3) is 0 Å². The van der Waals surface area contributed by atoms with Crippen molar-refractivity contribution >= 4 is 0 Å². The number of nitrogens with two attached hydrogens (primary N) is 1. The summed E-state index contributed by atoms with van der Waals surface area (Å²) in [4.78, 5) is 6.86. The fourth-order valence-electron chi connectivity index (χ4n) is 3.30. The molecule has 1 saturated heterocycles. The molecule has 5 nitrogen and oxygen atoms in total. The molecule has 1 aliphatic carbocycles. The first-order chi connectivity index (χ1) is 8.63. The molecular weight excluding hydrogens is 228 g/mol. The Bertz CT molecular complexity index is 417. The third-order valence-corrected chi connectivity index (χ3v) is 4.33. The lowest BCUT2D eigenvalue weighted by atomic mass is 9.98. The predicted molar refractivity (Wildman–Crippen MR) is 67.9 cm³/mol. The number of hydrogen-bond acceptors (Lipinski definition) is 5. The topological polar surface area (TPSA) is 68.2 Å². The van der Waals surface area contributed by atoms with Crippen molar-refractivity contribution < 1.29 is 4.52 Å². The molecule has 0 amide bonds. The first-order valence-corrected chi connectivity index (χ1v) is 6.94. The highest BCUT2D eigenvalue weighted by Crippen LogP contribution is 2.37. The third kappa shape index (κ3) is 2.17. The van der Waals surface area contributed by atoms with E-state index in [0.717, 1.165) is 37.3 Å². The van der Waals surface area contributed by atoms with Crippen LogP contribution in [0.3, 0.4) is 0 Å². The summed E-state index contributed by atoms with van der Waals surface area (Å²) in [6, 6.07) is 0.400. The van der Waals surface area contributed by atoms with Crippen LogP contribution < -0.4 is 5.73 Å². The predicted octanol–water partition coefficient (Wildman–Crippen LogP) is 1.36. The van der Waals surface area contributed by atoms with Crippen LogP contribution in [0.2, 0.25) is 0 Å². The standard InChI is InChI=1S/C13H22N4O/c1-8(2)13-15-12(16-18-13)7-17-5-9-3-4-11(14)10(9)6-17/h8-11H,3-7,14H2,1-2H3.